The van der Waals surface area contributed by atoms with E-state index in [1.54, 1.807) is 13.2 Å². The number of methoxy groups -OCH3 is 1. The van der Waals surface area contributed by atoms with E-state index < -0.39 is 0 Å². The normalized spacial score (nSPS) is 12.9. The smallest absolute Gasteiger partial charge is 0.164 e. The van der Waals surface area contributed by atoms with E-state index >= 15 is 0 Å². The molecule has 1 aliphatic rings. The van der Waals surface area contributed by atoms with Crippen molar-refractivity contribution in [3.63, 3.8) is 0 Å². The summed E-state index contributed by atoms with van der Waals surface area (Å²) in [6.07, 6.45) is 0.862. The van der Waals surface area contributed by atoms with Crippen LogP contribution in [-0.4, -0.2) is 13.7 Å². The molecule has 0 atom stereocenters. The van der Waals surface area contributed by atoms with Crippen molar-refractivity contribution in [1.29, 1.82) is 5.26 Å². The summed E-state index contributed by atoms with van der Waals surface area (Å²) in [5.41, 5.74) is 1.69. The second kappa shape index (κ2) is 2.98. The van der Waals surface area contributed by atoms with Gasteiger partial charge in [-0.15, -0.1) is 0 Å². The number of ether oxygens (including phenoxy) is 2. The van der Waals surface area contributed by atoms with Gasteiger partial charge in [-0.05, 0) is 6.07 Å². The van der Waals surface area contributed by atoms with E-state index in [2.05, 4.69) is 6.07 Å². The van der Waals surface area contributed by atoms with Gasteiger partial charge in [0.15, 0.2) is 11.5 Å². The first-order valence-corrected chi connectivity index (χ1v) is 4.09. The topological polar surface area (TPSA) is 42.2 Å². The van der Waals surface area contributed by atoms with Crippen molar-refractivity contribution in [3.8, 4) is 17.6 Å². The lowest BCUT2D eigenvalue weighted by Gasteiger charge is -2.06. The Balaban J connectivity index is 2.57. The Morgan fingerprint density at radius 1 is 1.54 bits per heavy atom. The molecular formula is C10H9NO2. The molecule has 1 heterocycles. The highest BCUT2D eigenvalue weighted by Gasteiger charge is 2.18. The predicted octanol–water partition coefficient (Wildman–Crippen LogP) is 1.50. The van der Waals surface area contributed by atoms with Gasteiger partial charge in [0.05, 0.1) is 25.3 Å². The molecular weight excluding hydrogens is 166 g/mol. The molecule has 0 radical (unpaired) electrons. The second-order valence-corrected chi connectivity index (χ2v) is 2.88. The molecule has 0 aromatic heterocycles. The van der Waals surface area contributed by atoms with Crippen LogP contribution in [0.3, 0.4) is 0 Å². The highest BCUT2D eigenvalue weighted by molar-refractivity contribution is 5.54. The maximum absolute atomic E-state index is 8.74. The van der Waals surface area contributed by atoms with Crippen molar-refractivity contribution in [2.75, 3.05) is 13.7 Å². The van der Waals surface area contributed by atoms with E-state index in [-0.39, 0.29) is 0 Å². The molecule has 1 aromatic carbocycles. The Labute approximate surface area is 76.5 Å². The Morgan fingerprint density at radius 2 is 2.38 bits per heavy atom. The minimum Gasteiger partial charge on any atom is -0.493 e. The molecule has 0 fully saturated rings. The summed E-state index contributed by atoms with van der Waals surface area (Å²) < 4.78 is 10.5. The molecule has 0 aliphatic carbocycles. The van der Waals surface area contributed by atoms with E-state index in [4.69, 9.17) is 14.7 Å². The van der Waals surface area contributed by atoms with E-state index in [1.807, 2.05) is 6.07 Å². The summed E-state index contributed by atoms with van der Waals surface area (Å²) in [5.74, 6) is 1.45. The lowest BCUT2D eigenvalue weighted by atomic mass is 10.1. The summed E-state index contributed by atoms with van der Waals surface area (Å²) in [4.78, 5) is 0. The number of rotatable bonds is 1. The van der Waals surface area contributed by atoms with Gasteiger partial charge < -0.3 is 9.47 Å². The van der Waals surface area contributed by atoms with Crippen molar-refractivity contribution < 1.29 is 9.47 Å². The molecule has 0 amide bonds. The fourth-order valence-corrected chi connectivity index (χ4v) is 1.49. The van der Waals surface area contributed by atoms with Gasteiger partial charge >= 0.3 is 0 Å². The Bertz CT molecular complexity index is 379. The molecule has 0 N–H and O–H groups in total. The molecule has 66 valence electrons. The zero-order chi connectivity index (χ0) is 9.26. The van der Waals surface area contributed by atoms with Crippen LogP contribution in [0.25, 0.3) is 0 Å². The number of hydrogen-bond donors (Lipinski definition) is 0. The fourth-order valence-electron chi connectivity index (χ4n) is 1.49. The molecule has 2 rings (SSSR count). The Hall–Kier alpha value is -1.69. The monoisotopic (exact) mass is 175 g/mol. The van der Waals surface area contributed by atoms with Crippen molar-refractivity contribution in [3.05, 3.63) is 23.3 Å². The molecule has 1 aromatic rings. The highest BCUT2D eigenvalue weighted by atomic mass is 16.5. The summed E-state index contributed by atoms with van der Waals surface area (Å²) in [7, 11) is 1.58. The fraction of sp³-hybridized carbons (Fsp3) is 0.300. The second-order valence-electron chi connectivity index (χ2n) is 2.88. The van der Waals surface area contributed by atoms with E-state index in [0.29, 0.717) is 17.9 Å². The van der Waals surface area contributed by atoms with E-state index in [9.17, 15) is 0 Å². The standard InChI is InChI=1S/C10H9NO2/c1-12-9-5-7(6-11)4-8-2-3-13-10(8)9/h4-5H,2-3H2,1H3. The van der Waals surface area contributed by atoms with Crippen LogP contribution in [0, 0.1) is 11.3 Å². The first kappa shape index (κ1) is 7.93. The minimum absolute atomic E-state index is 0.626. The van der Waals surface area contributed by atoms with Crippen molar-refractivity contribution in [2.45, 2.75) is 6.42 Å². The van der Waals surface area contributed by atoms with Crippen LogP contribution in [0.1, 0.15) is 11.1 Å². The zero-order valence-electron chi connectivity index (χ0n) is 7.33. The predicted molar refractivity (Wildman–Crippen MR) is 46.9 cm³/mol. The average molecular weight is 175 g/mol. The van der Waals surface area contributed by atoms with Gasteiger partial charge in [0.25, 0.3) is 0 Å². The van der Waals surface area contributed by atoms with Crippen LogP contribution in [0.4, 0.5) is 0 Å². The maximum atomic E-state index is 8.74. The molecule has 0 unspecified atom stereocenters. The average Bonchev–Trinajstić information content (AvgIpc) is 2.63. The van der Waals surface area contributed by atoms with Crippen LogP contribution < -0.4 is 9.47 Å². The van der Waals surface area contributed by atoms with Crippen molar-refractivity contribution >= 4 is 0 Å². The van der Waals surface area contributed by atoms with Crippen LogP contribution >= 0.6 is 0 Å². The Kier molecular flexibility index (Phi) is 1.82. The van der Waals surface area contributed by atoms with Gasteiger partial charge in [-0.1, -0.05) is 0 Å². The highest BCUT2D eigenvalue weighted by Crippen LogP contribution is 2.36. The molecule has 3 heteroatoms. The van der Waals surface area contributed by atoms with Gasteiger partial charge in [-0.2, -0.15) is 5.26 Å². The number of nitriles is 1. The molecule has 3 nitrogen and oxygen atoms in total. The van der Waals surface area contributed by atoms with Gasteiger partial charge in [0.1, 0.15) is 0 Å². The number of fused-ring (bicyclic) bond motifs is 1. The van der Waals surface area contributed by atoms with Crippen molar-refractivity contribution in [2.24, 2.45) is 0 Å². The number of benzene rings is 1. The third-order valence-corrected chi connectivity index (χ3v) is 2.10. The molecule has 0 spiro atoms. The van der Waals surface area contributed by atoms with Crippen molar-refractivity contribution in [1.82, 2.24) is 0 Å². The SMILES string of the molecule is COc1cc(C#N)cc2c1OCC2. The molecule has 13 heavy (non-hydrogen) atoms. The summed E-state index contributed by atoms with van der Waals surface area (Å²) >= 11 is 0. The van der Waals surface area contributed by atoms with Crippen LogP contribution in [0.5, 0.6) is 11.5 Å². The van der Waals surface area contributed by atoms with Crippen LogP contribution in [0.2, 0.25) is 0 Å². The molecule has 1 aliphatic heterocycles. The quantitative estimate of drug-likeness (QED) is 0.649. The van der Waals surface area contributed by atoms with Crippen LogP contribution in [0.15, 0.2) is 12.1 Å². The van der Waals surface area contributed by atoms with Gasteiger partial charge in [-0.25, -0.2) is 0 Å². The molecule has 0 bridgehead atoms. The number of hydrogen-bond acceptors (Lipinski definition) is 3. The van der Waals surface area contributed by atoms with E-state index in [1.165, 1.54) is 0 Å². The van der Waals surface area contributed by atoms with Gasteiger partial charge in [0, 0.05) is 18.1 Å². The van der Waals surface area contributed by atoms with Crippen LogP contribution in [-0.2, 0) is 6.42 Å². The lowest BCUT2D eigenvalue weighted by molar-refractivity contribution is 0.326. The molecule has 0 saturated heterocycles. The summed E-state index contributed by atoms with van der Waals surface area (Å²) in [5, 5.41) is 8.74. The first-order chi connectivity index (χ1) is 6.35. The van der Waals surface area contributed by atoms with Gasteiger partial charge in [0.2, 0.25) is 0 Å². The lowest BCUT2D eigenvalue weighted by Crippen LogP contribution is -1.90. The third kappa shape index (κ3) is 1.20. The summed E-state index contributed by atoms with van der Waals surface area (Å²) in [6, 6.07) is 5.65. The minimum atomic E-state index is 0.626. The first-order valence-electron chi connectivity index (χ1n) is 4.09. The largest absolute Gasteiger partial charge is 0.493 e. The Morgan fingerprint density at radius 3 is 3.08 bits per heavy atom. The third-order valence-electron chi connectivity index (χ3n) is 2.10. The van der Waals surface area contributed by atoms with Gasteiger partial charge in [-0.3, -0.25) is 0 Å². The zero-order valence-corrected chi connectivity index (χ0v) is 7.33. The summed E-state index contributed by atoms with van der Waals surface area (Å²) in [6.45, 7) is 0.681. The maximum Gasteiger partial charge on any atom is 0.164 e. The van der Waals surface area contributed by atoms with E-state index in [0.717, 1.165) is 17.7 Å². The molecule has 0 saturated carbocycles. The number of nitrogens with zero attached hydrogens (tertiary/aromatic N) is 1.